The summed E-state index contributed by atoms with van der Waals surface area (Å²) < 4.78 is 0. The maximum absolute atomic E-state index is 11.8. The van der Waals surface area contributed by atoms with E-state index in [-0.39, 0.29) is 5.91 Å². The van der Waals surface area contributed by atoms with Crippen molar-refractivity contribution in [3.8, 4) is 0 Å². The van der Waals surface area contributed by atoms with E-state index in [1.165, 1.54) is 31.5 Å². The summed E-state index contributed by atoms with van der Waals surface area (Å²) in [5.41, 5.74) is 2.53. The number of quaternary nitrogens is 1. The summed E-state index contributed by atoms with van der Waals surface area (Å²) in [6.45, 7) is 4.30. The van der Waals surface area contributed by atoms with E-state index in [1.807, 2.05) is 23.6 Å². The van der Waals surface area contributed by atoms with Gasteiger partial charge < -0.3 is 10.2 Å². The molecule has 0 aliphatic carbocycles. The molecular weight excluding hydrogens is 304 g/mol. The number of carbonyl (C=O) groups excluding carboxylic acids is 1. The van der Waals surface area contributed by atoms with E-state index in [0.717, 1.165) is 17.0 Å². The number of benzene rings is 1. The fourth-order valence-corrected chi connectivity index (χ4v) is 3.53. The van der Waals surface area contributed by atoms with Crippen molar-refractivity contribution in [1.29, 1.82) is 0 Å². The molecule has 2 heterocycles. The van der Waals surface area contributed by atoms with Gasteiger partial charge in [0.05, 0.1) is 13.1 Å². The Morgan fingerprint density at radius 2 is 1.87 bits per heavy atom. The van der Waals surface area contributed by atoms with Crippen LogP contribution < -0.4 is 10.2 Å². The van der Waals surface area contributed by atoms with Gasteiger partial charge in [0, 0.05) is 35.9 Å². The van der Waals surface area contributed by atoms with E-state index in [2.05, 4.69) is 29.6 Å². The summed E-state index contributed by atoms with van der Waals surface area (Å²) in [6.07, 6.45) is 6.16. The Hall–Kier alpha value is -1.91. The van der Waals surface area contributed by atoms with Crippen LogP contribution in [0.25, 0.3) is 6.08 Å². The van der Waals surface area contributed by atoms with Crippen LogP contribution in [0.3, 0.4) is 0 Å². The molecule has 23 heavy (non-hydrogen) atoms. The van der Waals surface area contributed by atoms with Gasteiger partial charge in [-0.25, -0.2) is 0 Å². The summed E-state index contributed by atoms with van der Waals surface area (Å²) in [4.78, 5) is 14.6. The summed E-state index contributed by atoms with van der Waals surface area (Å²) in [5, 5.41) is 4.93. The molecule has 1 saturated heterocycles. The van der Waals surface area contributed by atoms with Gasteiger partial charge in [-0.3, -0.25) is 4.79 Å². The number of hydrogen-bond acceptors (Lipinski definition) is 2. The van der Waals surface area contributed by atoms with Crippen LogP contribution in [0.5, 0.6) is 0 Å². The van der Waals surface area contributed by atoms with Crippen LogP contribution in [0.2, 0.25) is 0 Å². The highest BCUT2D eigenvalue weighted by molar-refractivity contribution is 7.10. The fraction of sp³-hybridized carbons (Fsp3) is 0.316. The van der Waals surface area contributed by atoms with Crippen molar-refractivity contribution in [2.24, 2.45) is 0 Å². The van der Waals surface area contributed by atoms with Crippen molar-refractivity contribution in [1.82, 2.24) is 5.32 Å². The van der Waals surface area contributed by atoms with Crippen LogP contribution in [0, 0.1) is 0 Å². The molecule has 3 rings (SSSR count). The van der Waals surface area contributed by atoms with Crippen molar-refractivity contribution in [2.45, 2.75) is 25.9 Å². The second-order valence-electron chi connectivity index (χ2n) is 6.02. The monoisotopic (exact) mass is 327 g/mol. The van der Waals surface area contributed by atoms with Crippen LogP contribution >= 0.6 is 11.3 Å². The minimum absolute atomic E-state index is 0.0519. The third-order valence-corrected chi connectivity index (χ3v) is 5.03. The zero-order valence-corrected chi connectivity index (χ0v) is 14.1. The largest absolute Gasteiger partial charge is 0.348 e. The summed E-state index contributed by atoms with van der Waals surface area (Å²) in [6, 6.07) is 12.6. The maximum atomic E-state index is 11.8. The van der Waals surface area contributed by atoms with Gasteiger partial charge in [0.15, 0.2) is 0 Å². The third kappa shape index (κ3) is 5.05. The van der Waals surface area contributed by atoms with Crippen LogP contribution in [0.15, 0.2) is 47.9 Å². The van der Waals surface area contributed by atoms with Gasteiger partial charge in [-0.2, -0.15) is 0 Å². The lowest BCUT2D eigenvalue weighted by Crippen LogP contribution is -3.08. The average molecular weight is 327 g/mol. The number of carbonyl (C=O) groups is 1. The smallest absolute Gasteiger partial charge is 0.244 e. The molecule has 2 N–H and O–H groups in total. The molecule has 1 aromatic heterocycles. The normalized spacial score (nSPS) is 15.3. The highest BCUT2D eigenvalue weighted by Crippen LogP contribution is 2.10. The predicted octanol–water partition coefficient (Wildman–Crippen LogP) is 2.26. The number of rotatable bonds is 6. The second kappa shape index (κ2) is 8.09. The molecule has 1 aliphatic rings. The van der Waals surface area contributed by atoms with Gasteiger partial charge in [0.2, 0.25) is 5.91 Å². The molecule has 3 nitrogen and oxygen atoms in total. The van der Waals surface area contributed by atoms with Gasteiger partial charge in [0.1, 0.15) is 6.54 Å². The highest BCUT2D eigenvalue weighted by Gasteiger charge is 2.15. The molecule has 4 heteroatoms. The van der Waals surface area contributed by atoms with Gasteiger partial charge in [-0.1, -0.05) is 30.3 Å². The number of nitrogens with one attached hydrogen (secondary N) is 2. The van der Waals surface area contributed by atoms with Crippen LogP contribution in [0.4, 0.5) is 0 Å². The molecule has 0 spiro atoms. The molecular formula is C19H23N2OS+. The molecule has 1 aromatic carbocycles. The zero-order chi connectivity index (χ0) is 15.9. The Kier molecular flexibility index (Phi) is 5.61. The SMILES string of the molecule is O=C(/C=C/c1cccs1)NCc1ccc(C[NH+]2CCCC2)cc1. The standard InChI is InChI=1S/C19H22N2OS/c22-19(10-9-18-4-3-13-23-18)20-14-16-5-7-17(8-6-16)15-21-11-1-2-12-21/h3-10,13H,1-2,11-12,14-15H2,(H,20,22)/p+1/b10-9+. The lowest BCUT2D eigenvalue weighted by atomic mass is 10.1. The molecule has 1 aliphatic heterocycles. The number of thiophene rings is 1. The molecule has 1 fully saturated rings. The Bertz CT molecular complexity index is 641. The highest BCUT2D eigenvalue weighted by atomic mass is 32.1. The van der Waals surface area contributed by atoms with Crippen molar-refractivity contribution < 1.29 is 9.69 Å². The van der Waals surface area contributed by atoms with E-state index in [4.69, 9.17) is 0 Å². The van der Waals surface area contributed by atoms with Gasteiger partial charge in [-0.15, -0.1) is 11.3 Å². The molecule has 1 amide bonds. The lowest BCUT2D eigenvalue weighted by Gasteiger charge is -2.12. The van der Waals surface area contributed by atoms with E-state index in [0.29, 0.717) is 6.54 Å². The van der Waals surface area contributed by atoms with Crippen LogP contribution in [-0.4, -0.2) is 19.0 Å². The molecule has 0 atom stereocenters. The first-order valence-corrected chi connectivity index (χ1v) is 9.08. The number of likely N-dealkylation sites (tertiary alicyclic amines) is 1. The van der Waals surface area contributed by atoms with Gasteiger partial charge in [-0.05, 0) is 23.1 Å². The minimum Gasteiger partial charge on any atom is -0.348 e. The number of amides is 1. The molecule has 0 unspecified atom stereocenters. The topological polar surface area (TPSA) is 33.5 Å². The molecule has 2 aromatic rings. The summed E-state index contributed by atoms with van der Waals surface area (Å²) in [5.74, 6) is -0.0519. The zero-order valence-electron chi connectivity index (χ0n) is 13.3. The van der Waals surface area contributed by atoms with E-state index in [9.17, 15) is 4.79 Å². The first-order chi connectivity index (χ1) is 11.3. The second-order valence-corrected chi connectivity index (χ2v) is 7.00. The van der Waals surface area contributed by atoms with E-state index in [1.54, 1.807) is 22.3 Å². The summed E-state index contributed by atoms with van der Waals surface area (Å²) >= 11 is 1.62. The summed E-state index contributed by atoms with van der Waals surface area (Å²) in [7, 11) is 0. The number of hydrogen-bond donors (Lipinski definition) is 2. The Morgan fingerprint density at radius 1 is 1.13 bits per heavy atom. The molecule has 120 valence electrons. The molecule has 0 bridgehead atoms. The van der Waals surface area contributed by atoms with E-state index >= 15 is 0 Å². The van der Waals surface area contributed by atoms with Gasteiger partial charge >= 0.3 is 0 Å². The van der Waals surface area contributed by atoms with Crippen LogP contribution in [0.1, 0.15) is 28.8 Å². The third-order valence-electron chi connectivity index (χ3n) is 4.20. The predicted molar refractivity (Wildman–Crippen MR) is 95.3 cm³/mol. The van der Waals surface area contributed by atoms with Crippen molar-refractivity contribution >= 4 is 23.3 Å². The van der Waals surface area contributed by atoms with Crippen molar-refractivity contribution in [3.63, 3.8) is 0 Å². The van der Waals surface area contributed by atoms with Crippen LogP contribution in [-0.2, 0) is 17.9 Å². The molecule has 0 radical (unpaired) electrons. The average Bonchev–Trinajstić information content (AvgIpc) is 3.26. The fourth-order valence-electron chi connectivity index (χ4n) is 2.91. The Labute approximate surface area is 141 Å². The minimum atomic E-state index is -0.0519. The molecule has 0 saturated carbocycles. The quantitative estimate of drug-likeness (QED) is 0.784. The van der Waals surface area contributed by atoms with Crippen molar-refractivity contribution in [2.75, 3.05) is 13.1 Å². The lowest BCUT2D eigenvalue weighted by molar-refractivity contribution is -0.901. The van der Waals surface area contributed by atoms with Gasteiger partial charge in [0.25, 0.3) is 0 Å². The van der Waals surface area contributed by atoms with Crippen molar-refractivity contribution in [3.05, 3.63) is 63.9 Å². The maximum Gasteiger partial charge on any atom is 0.244 e. The first kappa shape index (κ1) is 16.0. The van der Waals surface area contributed by atoms with E-state index < -0.39 is 0 Å². The Morgan fingerprint density at radius 3 is 2.57 bits per heavy atom. The Balaban J connectivity index is 1.45. The first-order valence-electron chi connectivity index (χ1n) is 8.20.